The second kappa shape index (κ2) is 5.58. The first-order valence-electron chi connectivity index (χ1n) is 5.84. The minimum absolute atomic E-state index is 0.119. The van der Waals surface area contributed by atoms with E-state index in [1.54, 1.807) is 0 Å². The Balaban J connectivity index is 2.47. The molecule has 0 aliphatic carbocycles. The lowest BCUT2D eigenvalue weighted by atomic mass is 10.1. The zero-order chi connectivity index (χ0) is 14.9. The Hall–Kier alpha value is -1.95. The van der Waals surface area contributed by atoms with Crippen LogP contribution in [0.2, 0.25) is 0 Å². The number of nitrogens with two attached hydrogens (primary N) is 1. The number of nitrogens with zero attached hydrogens (tertiary/aromatic N) is 1. The summed E-state index contributed by atoms with van der Waals surface area (Å²) in [5.74, 6) is 0.162. The number of nitrogens with one attached hydrogen (secondary N) is 1. The summed E-state index contributed by atoms with van der Waals surface area (Å²) >= 11 is 3.09. The van der Waals surface area contributed by atoms with Gasteiger partial charge in [-0.2, -0.15) is 0 Å². The van der Waals surface area contributed by atoms with Crippen molar-refractivity contribution in [3.63, 3.8) is 0 Å². The largest absolute Gasteiger partial charge is 0.438 e. The van der Waals surface area contributed by atoms with Gasteiger partial charge in [0.1, 0.15) is 17.4 Å². The molecule has 0 aliphatic heterocycles. The first-order chi connectivity index (χ1) is 9.38. The van der Waals surface area contributed by atoms with Crippen LogP contribution in [-0.4, -0.2) is 10.8 Å². The highest BCUT2D eigenvalue weighted by molar-refractivity contribution is 9.10. The van der Waals surface area contributed by atoms with E-state index in [4.69, 9.17) is 15.9 Å². The Kier molecular flexibility index (Phi) is 4.04. The highest BCUT2D eigenvalue weighted by Gasteiger charge is 2.14. The highest BCUT2D eigenvalue weighted by atomic mass is 79.9. The SMILES string of the molecule is Cc1cc(C)c(C(=N)N)c(Oc2ccc(F)c(Br)c2)n1. The molecule has 104 valence electrons. The van der Waals surface area contributed by atoms with E-state index >= 15 is 0 Å². The fourth-order valence-corrected chi connectivity index (χ4v) is 2.21. The van der Waals surface area contributed by atoms with E-state index < -0.39 is 0 Å². The lowest BCUT2D eigenvalue weighted by Crippen LogP contribution is -2.15. The van der Waals surface area contributed by atoms with Crippen LogP contribution in [0.3, 0.4) is 0 Å². The zero-order valence-electron chi connectivity index (χ0n) is 11.0. The maximum absolute atomic E-state index is 13.2. The molecule has 0 bridgehead atoms. The molecule has 0 spiro atoms. The van der Waals surface area contributed by atoms with Gasteiger partial charge in [0.15, 0.2) is 0 Å². The average molecular weight is 338 g/mol. The third-order valence-corrected chi connectivity index (χ3v) is 3.29. The molecule has 0 atom stereocenters. The number of hydrogen-bond acceptors (Lipinski definition) is 3. The van der Waals surface area contributed by atoms with Crippen LogP contribution in [-0.2, 0) is 0 Å². The van der Waals surface area contributed by atoms with Gasteiger partial charge in [0.2, 0.25) is 5.88 Å². The van der Waals surface area contributed by atoms with Crippen molar-refractivity contribution in [1.29, 1.82) is 5.41 Å². The molecule has 3 N–H and O–H groups in total. The van der Waals surface area contributed by atoms with E-state index in [0.29, 0.717) is 15.8 Å². The average Bonchev–Trinajstić information content (AvgIpc) is 2.32. The monoisotopic (exact) mass is 337 g/mol. The molecule has 2 aromatic rings. The van der Waals surface area contributed by atoms with Gasteiger partial charge in [-0.15, -0.1) is 0 Å². The van der Waals surface area contributed by atoms with E-state index in [1.807, 2.05) is 19.9 Å². The molecule has 4 nitrogen and oxygen atoms in total. The molecule has 20 heavy (non-hydrogen) atoms. The number of pyridine rings is 1. The molecule has 0 saturated heterocycles. The summed E-state index contributed by atoms with van der Waals surface area (Å²) in [4.78, 5) is 4.25. The molecule has 1 heterocycles. The van der Waals surface area contributed by atoms with Crippen LogP contribution in [0.15, 0.2) is 28.7 Å². The van der Waals surface area contributed by atoms with Gasteiger partial charge in [-0.05, 0) is 59.6 Å². The molecular weight excluding hydrogens is 325 g/mol. The van der Waals surface area contributed by atoms with Gasteiger partial charge in [-0.1, -0.05) is 0 Å². The van der Waals surface area contributed by atoms with Crippen molar-refractivity contribution in [2.24, 2.45) is 5.73 Å². The van der Waals surface area contributed by atoms with Crippen molar-refractivity contribution < 1.29 is 9.13 Å². The van der Waals surface area contributed by atoms with Gasteiger partial charge in [-0.3, -0.25) is 5.41 Å². The van der Waals surface area contributed by atoms with Crippen molar-refractivity contribution in [3.05, 3.63) is 51.4 Å². The Labute approximate surface area is 124 Å². The van der Waals surface area contributed by atoms with E-state index in [-0.39, 0.29) is 17.5 Å². The van der Waals surface area contributed by atoms with Crippen LogP contribution in [0.4, 0.5) is 4.39 Å². The quantitative estimate of drug-likeness (QED) is 0.662. The standard InChI is InChI=1S/C14H13BrFN3O/c1-7-5-8(2)19-14(12(7)13(17)18)20-9-3-4-11(16)10(15)6-9/h3-6H,1-2H3,(H3,17,18). The Bertz CT molecular complexity index is 688. The topological polar surface area (TPSA) is 72.0 Å². The molecule has 1 aromatic heterocycles. The molecule has 0 saturated carbocycles. The van der Waals surface area contributed by atoms with Gasteiger partial charge >= 0.3 is 0 Å². The van der Waals surface area contributed by atoms with Crippen molar-refractivity contribution in [1.82, 2.24) is 4.98 Å². The molecule has 0 fully saturated rings. The van der Waals surface area contributed by atoms with Gasteiger partial charge in [0.25, 0.3) is 0 Å². The fourth-order valence-electron chi connectivity index (χ4n) is 1.86. The van der Waals surface area contributed by atoms with Crippen LogP contribution in [0.25, 0.3) is 0 Å². The molecule has 1 aromatic carbocycles. The number of aryl methyl sites for hydroxylation is 2. The minimum atomic E-state index is -0.377. The first kappa shape index (κ1) is 14.5. The summed E-state index contributed by atoms with van der Waals surface area (Å²) in [6, 6.07) is 6.10. The summed E-state index contributed by atoms with van der Waals surface area (Å²) < 4.78 is 19.1. The molecule has 0 unspecified atom stereocenters. The molecule has 0 amide bonds. The maximum Gasteiger partial charge on any atom is 0.230 e. The van der Waals surface area contributed by atoms with Crippen molar-refractivity contribution >= 4 is 21.8 Å². The first-order valence-corrected chi connectivity index (χ1v) is 6.63. The summed E-state index contributed by atoms with van der Waals surface area (Å²) in [6.07, 6.45) is 0. The summed E-state index contributed by atoms with van der Waals surface area (Å²) in [5, 5.41) is 7.62. The number of ether oxygens (including phenoxy) is 1. The van der Waals surface area contributed by atoms with Gasteiger partial charge < -0.3 is 10.5 Å². The molecule has 0 aliphatic rings. The van der Waals surface area contributed by atoms with Crippen molar-refractivity contribution in [2.75, 3.05) is 0 Å². The maximum atomic E-state index is 13.2. The number of nitrogen functional groups attached to an aromatic ring is 1. The summed E-state index contributed by atoms with van der Waals surface area (Å²) in [5.41, 5.74) is 7.57. The molecule has 2 rings (SSSR count). The second-order valence-electron chi connectivity index (χ2n) is 4.35. The lowest BCUT2D eigenvalue weighted by molar-refractivity contribution is 0.457. The van der Waals surface area contributed by atoms with E-state index in [2.05, 4.69) is 20.9 Å². The number of amidine groups is 1. The van der Waals surface area contributed by atoms with Crippen LogP contribution < -0.4 is 10.5 Å². The van der Waals surface area contributed by atoms with Gasteiger partial charge in [-0.25, -0.2) is 9.37 Å². The smallest absolute Gasteiger partial charge is 0.230 e. The van der Waals surface area contributed by atoms with Gasteiger partial charge in [0, 0.05) is 5.69 Å². The Morgan fingerprint density at radius 2 is 2.05 bits per heavy atom. The van der Waals surface area contributed by atoms with Crippen LogP contribution in [0.5, 0.6) is 11.6 Å². The fraction of sp³-hybridized carbons (Fsp3) is 0.143. The minimum Gasteiger partial charge on any atom is -0.438 e. The van der Waals surface area contributed by atoms with E-state index in [9.17, 15) is 4.39 Å². The third-order valence-electron chi connectivity index (χ3n) is 2.69. The van der Waals surface area contributed by atoms with E-state index in [1.165, 1.54) is 18.2 Å². The van der Waals surface area contributed by atoms with Crippen LogP contribution in [0.1, 0.15) is 16.8 Å². The van der Waals surface area contributed by atoms with Crippen molar-refractivity contribution in [2.45, 2.75) is 13.8 Å². The van der Waals surface area contributed by atoms with Crippen LogP contribution >= 0.6 is 15.9 Å². The molecule has 0 radical (unpaired) electrons. The van der Waals surface area contributed by atoms with Crippen molar-refractivity contribution in [3.8, 4) is 11.6 Å². The van der Waals surface area contributed by atoms with Gasteiger partial charge in [0.05, 0.1) is 10.0 Å². The zero-order valence-corrected chi connectivity index (χ0v) is 12.6. The molecule has 6 heteroatoms. The predicted octanol–water partition coefficient (Wildman–Crippen LogP) is 3.68. The summed E-state index contributed by atoms with van der Waals surface area (Å²) in [6.45, 7) is 3.66. The summed E-state index contributed by atoms with van der Waals surface area (Å²) in [7, 11) is 0. The third kappa shape index (κ3) is 2.96. The highest BCUT2D eigenvalue weighted by Crippen LogP contribution is 2.29. The number of hydrogen-bond donors (Lipinski definition) is 2. The number of aromatic nitrogens is 1. The molecular formula is C14H13BrFN3O. The number of halogens is 2. The lowest BCUT2D eigenvalue weighted by Gasteiger charge is -2.13. The Morgan fingerprint density at radius 3 is 2.65 bits per heavy atom. The Morgan fingerprint density at radius 1 is 1.35 bits per heavy atom. The normalized spacial score (nSPS) is 10.4. The predicted molar refractivity (Wildman–Crippen MR) is 78.9 cm³/mol. The second-order valence-corrected chi connectivity index (χ2v) is 5.21. The number of benzene rings is 1. The number of rotatable bonds is 3. The van der Waals surface area contributed by atoms with Crippen LogP contribution in [0, 0.1) is 25.1 Å². The van der Waals surface area contributed by atoms with E-state index in [0.717, 1.165) is 11.3 Å².